The van der Waals surface area contributed by atoms with Crippen molar-refractivity contribution in [3.63, 3.8) is 0 Å². The van der Waals surface area contributed by atoms with Crippen molar-refractivity contribution in [1.82, 2.24) is 10.4 Å². The van der Waals surface area contributed by atoms with E-state index in [1.54, 1.807) is 31.2 Å². The summed E-state index contributed by atoms with van der Waals surface area (Å²) in [6, 6.07) is 6.65. The van der Waals surface area contributed by atoms with E-state index in [1.165, 1.54) is 12.4 Å². The number of aryl methyl sites for hydroxylation is 1. The Bertz CT molecular complexity index is 742. The van der Waals surface area contributed by atoms with Gasteiger partial charge in [0.25, 0.3) is 5.91 Å². The maximum absolute atomic E-state index is 12.0. The summed E-state index contributed by atoms with van der Waals surface area (Å²) in [6.45, 7) is 3.77. The molecule has 0 spiro atoms. The van der Waals surface area contributed by atoms with Gasteiger partial charge in [-0.3, -0.25) is 9.78 Å². The van der Waals surface area contributed by atoms with E-state index in [1.807, 2.05) is 6.92 Å². The van der Waals surface area contributed by atoms with E-state index in [2.05, 4.69) is 15.5 Å². The molecule has 1 amide bonds. The standard InChI is InChI=1S/C17H19N3O4/c1-3-24-14-6-4-12(5-7-14)17(23)20-19-9-15-13(10-21)8-18-11(2)16(15)22/h4-9,21-22H,3,10H2,1-2H3,(H,20,23)/b19-9+. The van der Waals surface area contributed by atoms with Gasteiger partial charge in [-0.05, 0) is 38.1 Å². The Hall–Kier alpha value is -2.93. The summed E-state index contributed by atoms with van der Waals surface area (Å²) in [5.41, 5.74) is 3.94. The predicted molar refractivity (Wildman–Crippen MR) is 89.2 cm³/mol. The summed E-state index contributed by atoms with van der Waals surface area (Å²) >= 11 is 0. The minimum atomic E-state index is -0.398. The third kappa shape index (κ3) is 4.08. The summed E-state index contributed by atoms with van der Waals surface area (Å²) < 4.78 is 5.31. The minimum absolute atomic E-state index is 0.0828. The highest BCUT2D eigenvalue weighted by molar-refractivity contribution is 5.95. The van der Waals surface area contributed by atoms with E-state index < -0.39 is 5.91 Å². The number of hydrogen-bond donors (Lipinski definition) is 3. The summed E-state index contributed by atoms with van der Waals surface area (Å²) in [6.07, 6.45) is 2.73. The van der Waals surface area contributed by atoms with Gasteiger partial charge in [-0.25, -0.2) is 5.43 Å². The fourth-order valence-electron chi connectivity index (χ4n) is 2.01. The van der Waals surface area contributed by atoms with Crippen molar-refractivity contribution in [1.29, 1.82) is 0 Å². The van der Waals surface area contributed by atoms with Gasteiger partial charge in [-0.1, -0.05) is 0 Å². The number of carbonyl (C=O) groups is 1. The molecule has 1 aromatic heterocycles. The molecule has 0 radical (unpaired) electrons. The Labute approximate surface area is 139 Å². The SMILES string of the molecule is CCOc1ccc(C(=O)N/N=C/c2c(CO)cnc(C)c2O)cc1. The molecule has 0 unspecified atom stereocenters. The van der Waals surface area contributed by atoms with E-state index >= 15 is 0 Å². The lowest BCUT2D eigenvalue weighted by atomic mass is 10.1. The van der Waals surface area contributed by atoms with Gasteiger partial charge in [-0.2, -0.15) is 5.10 Å². The highest BCUT2D eigenvalue weighted by Gasteiger charge is 2.10. The van der Waals surface area contributed by atoms with Crippen molar-refractivity contribution in [3.8, 4) is 11.5 Å². The number of benzene rings is 1. The summed E-state index contributed by atoms with van der Waals surface area (Å²) in [5.74, 6) is 0.202. The Kier molecular flexibility index (Phi) is 5.86. The number of ether oxygens (including phenoxy) is 1. The van der Waals surface area contributed by atoms with Gasteiger partial charge in [0.05, 0.1) is 25.1 Å². The molecule has 0 fully saturated rings. The first-order valence-corrected chi connectivity index (χ1v) is 7.41. The molecule has 3 N–H and O–H groups in total. The van der Waals surface area contributed by atoms with Crippen LogP contribution in [0.15, 0.2) is 35.6 Å². The van der Waals surface area contributed by atoms with E-state index in [9.17, 15) is 15.0 Å². The Morgan fingerprint density at radius 1 is 1.38 bits per heavy atom. The Balaban J connectivity index is 2.08. The number of aromatic nitrogens is 1. The molecule has 0 aliphatic rings. The van der Waals surface area contributed by atoms with E-state index in [4.69, 9.17) is 4.74 Å². The molecule has 1 aromatic carbocycles. The third-order valence-corrected chi connectivity index (χ3v) is 3.32. The fourth-order valence-corrected chi connectivity index (χ4v) is 2.01. The number of aliphatic hydroxyl groups is 1. The molecule has 24 heavy (non-hydrogen) atoms. The lowest BCUT2D eigenvalue weighted by Crippen LogP contribution is -2.17. The van der Waals surface area contributed by atoms with Crippen LogP contribution in [0.3, 0.4) is 0 Å². The first-order valence-electron chi connectivity index (χ1n) is 7.41. The average Bonchev–Trinajstić information content (AvgIpc) is 2.59. The number of hydrazone groups is 1. The number of aliphatic hydroxyl groups excluding tert-OH is 1. The normalized spacial score (nSPS) is 10.8. The molecule has 1 heterocycles. The molecule has 0 aliphatic heterocycles. The van der Waals surface area contributed by atoms with Gasteiger partial charge in [0.1, 0.15) is 11.5 Å². The van der Waals surface area contributed by atoms with Crippen LogP contribution in [0.4, 0.5) is 0 Å². The lowest BCUT2D eigenvalue weighted by molar-refractivity contribution is 0.0955. The molecule has 0 bridgehead atoms. The molecule has 7 nitrogen and oxygen atoms in total. The maximum atomic E-state index is 12.0. The highest BCUT2D eigenvalue weighted by Crippen LogP contribution is 2.21. The number of amides is 1. The van der Waals surface area contributed by atoms with E-state index in [0.29, 0.717) is 34.7 Å². The van der Waals surface area contributed by atoms with Gasteiger partial charge < -0.3 is 14.9 Å². The number of hydrogen-bond acceptors (Lipinski definition) is 6. The van der Waals surface area contributed by atoms with Crippen molar-refractivity contribution in [2.45, 2.75) is 20.5 Å². The van der Waals surface area contributed by atoms with Crippen LogP contribution in [-0.2, 0) is 6.61 Å². The van der Waals surface area contributed by atoms with Crippen LogP contribution in [0.25, 0.3) is 0 Å². The second-order valence-electron chi connectivity index (χ2n) is 4.95. The van der Waals surface area contributed by atoms with Crippen molar-refractivity contribution < 1.29 is 19.7 Å². The zero-order valence-electron chi connectivity index (χ0n) is 13.5. The molecule has 0 saturated heterocycles. The fraction of sp³-hybridized carbons (Fsp3) is 0.235. The summed E-state index contributed by atoms with van der Waals surface area (Å²) in [5, 5.41) is 23.1. The van der Waals surface area contributed by atoms with Crippen molar-refractivity contribution in [3.05, 3.63) is 52.8 Å². The largest absolute Gasteiger partial charge is 0.505 e. The zero-order chi connectivity index (χ0) is 17.5. The third-order valence-electron chi connectivity index (χ3n) is 3.32. The second kappa shape index (κ2) is 8.07. The number of carbonyl (C=O) groups excluding carboxylic acids is 1. The zero-order valence-corrected chi connectivity index (χ0v) is 13.5. The van der Waals surface area contributed by atoms with Crippen LogP contribution in [0, 0.1) is 6.92 Å². The number of rotatable bonds is 6. The second-order valence-corrected chi connectivity index (χ2v) is 4.95. The van der Waals surface area contributed by atoms with Crippen LogP contribution in [0.1, 0.15) is 34.1 Å². The Morgan fingerprint density at radius 2 is 2.08 bits per heavy atom. The maximum Gasteiger partial charge on any atom is 0.271 e. The molecule has 2 aromatic rings. The smallest absolute Gasteiger partial charge is 0.271 e. The average molecular weight is 329 g/mol. The van der Waals surface area contributed by atoms with Crippen LogP contribution in [-0.4, -0.2) is 33.9 Å². The topological polar surface area (TPSA) is 104 Å². The number of aromatic hydroxyl groups is 1. The van der Waals surface area contributed by atoms with Crippen molar-refractivity contribution >= 4 is 12.1 Å². The first kappa shape index (κ1) is 17.4. The lowest BCUT2D eigenvalue weighted by Gasteiger charge is -2.07. The van der Waals surface area contributed by atoms with Crippen LogP contribution >= 0.6 is 0 Å². The molecule has 7 heteroatoms. The number of pyridine rings is 1. The number of nitrogens with one attached hydrogen (secondary N) is 1. The molecule has 2 rings (SSSR count). The van der Waals surface area contributed by atoms with Crippen molar-refractivity contribution in [2.24, 2.45) is 5.10 Å². The molecule has 126 valence electrons. The molecular weight excluding hydrogens is 310 g/mol. The van der Waals surface area contributed by atoms with Gasteiger partial charge >= 0.3 is 0 Å². The number of nitrogens with zero attached hydrogens (tertiary/aromatic N) is 2. The molecule has 0 aliphatic carbocycles. The predicted octanol–water partition coefficient (Wildman–Crippen LogP) is 1.75. The Morgan fingerprint density at radius 3 is 2.71 bits per heavy atom. The van der Waals surface area contributed by atoms with E-state index in [-0.39, 0.29) is 12.4 Å². The van der Waals surface area contributed by atoms with Gasteiger partial charge in [0.2, 0.25) is 0 Å². The van der Waals surface area contributed by atoms with Gasteiger partial charge in [-0.15, -0.1) is 0 Å². The summed E-state index contributed by atoms with van der Waals surface area (Å²) in [7, 11) is 0. The molecular formula is C17H19N3O4. The molecule has 0 atom stereocenters. The quantitative estimate of drug-likeness (QED) is 0.553. The monoisotopic (exact) mass is 329 g/mol. The van der Waals surface area contributed by atoms with Crippen LogP contribution < -0.4 is 10.2 Å². The first-order chi connectivity index (χ1) is 11.6. The van der Waals surface area contributed by atoms with E-state index in [0.717, 1.165) is 0 Å². The minimum Gasteiger partial charge on any atom is -0.505 e. The van der Waals surface area contributed by atoms with Crippen LogP contribution in [0.2, 0.25) is 0 Å². The van der Waals surface area contributed by atoms with Gasteiger partial charge in [0, 0.05) is 22.9 Å². The highest BCUT2D eigenvalue weighted by atomic mass is 16.5. The van der Waals surface area contributed by atoms with Gasteiger partial charge in [0.15, 0.2) is 0 Å². The summed E-state index contributed by atoms with van der Waals surface area (Å²) in [4.78, 5) is 16.0. The van der Waals surface area contributed by atoms with Crippen molar-refractivity contribution in [2.75, 3.05) is 6.61 Å². The van der Waals surface area contributed by atoms with Crippen LogP contribution in [0.5, 0.6) is 11.5 Å². The molecule has 0 saturated carbocycles.